The first kappa shape index (κ1) is 32.4. The molecule has 0 aliphatic rings. The van der Waals surface area contributed by atoms with Gasteiger partial charge in [0.2, 0.25) is 0 Å². The van der Waals surface area contributed by atoms with Crippen LogP contribution in [0.4, 0.5) is 25.4 Å². The number of nitrogens with one attached hydrogen (secondary N) is 2. The van der Waals surface area contributed by atoms with E-state index in [0.717, 1.165) is 17.9 Å². The fourth-order valence-corrected chi connectivity index (χ4v) is 5.50. The van der Waals surface area contributed by atoms with E-state index in [-0.39, 0.29) is 23.0 Å². The van der Waals surface area contributed by atoms with Gasteiger partial charge in [0, 0.05) is 23.1 Å². The summed E-state index contributed by atoms with van der Waals surface area (Å²) in [7, 11) is -3.45. The van der Waals surface area contributed by atoms with Crippen molar-refractivity contribution in [2.45, 2.75) is 11.4 Å². The Hall–Kier alpha value is -6.01. The third kappa shape index (κ3) is 8.59. The van der Waals surface area contributed by atoms with Crippen molar-refractivity contribution in [3.63, 3.8) is 0 Å². The Morgan fingerprint density at radius 3 is 2.23 bits per heavy atom. The monoisotopic (exact) mass is 651 g/mol. The first-order chi connectivity index (χ1) is 22.6. The maximum absolute atomic E-state index is 13.9. The minimum absolute atomic E-state index is 0.174. The molecule has 5 aromatic carbocycles. The van der Waals surface area contributed by atoms with Gasteiger partial charge in [0.25, 0.3) is 0 Å². The highest BCUT2D eigenvalue weighted by Crippen LogP contribution is 2.28. The standard InChI is InChI=1S/C35H30FN5O5S/c1-47(44,45)32-17-8-5-14-29(32)25-18-20-27(21-19-25)38-34(42)41(23-24-10-3-2-4-11-24)40-28-13-9-12-26(22-28)33(37)39-35(43)46-31-16-7-6-15-30(31)36/h2-22,40H,23H2,1H3,(H,38,42)(H2,37,39,43). The zero-order chi connectivity index (χ0) is 33.4. The molecule has 0 fully saturated rings. The number of para-hydroxylation sites is 1. The molecular weight excluding hydrogens is 621 g/mol. The maximum Gasteiger partial charge on any atom is 0.441 e. The van der Waals surface area contributed by atoms with Crippen LogP contribution in [0, 0.1) is 5.82 Å². The topological polar surface area (TPSA) is 143 Å². The second-order valence-electron chi connectivity index (χ2n) is 10.3. The highest BCUT2D eigenvalue weighted by molar-refractivity contribution is 7.90. The molecule has 0 unspecified atom stereocenters. The second-order valence-corrected chi connectivity index (χ2v) is 12.3. The van der Waals surface area contributed by atoms with Crippen molar-refractivity contribution in [2.24, 2.45) is 10.7 Å². The number of amides is 3. The number of carbonyl (C=O) groups excluding carboxylic acids is 2. The molecule has 0 atom stereocenters. The van der Waals surface area contributed by atoms with Crippen LogP contribution in [0.5, 0.6) is 5.75 Å². The maximum atomic E-state index is 13.9. The van der Waals surface area contributed by atoms with E-state index in [0.29, 0.717) is 28.1 Å². The molecule has 0 aliphatic carbocycles. The second kappa shape index (κ2) is 14.4. The predicted octanol–water partition coefficient (Wildman–Crippen LogP) is 6.86. The minimum Gasteiger partial charge on any atom is -0.406 e. The average molecular weight is 652 g/mol. The summed E-state index contributed by atoms with van der Waals surface area (Å²) in [5.41, 5.74) is 12.5. The van der Waals surface area contributed by atoms with E-state index >= 15 is 0 Å². The summed E-state index contributed by atoms with van der Waals surface area (Å²) in [6.07, 6.45) is 0.0650. The van der Waals surface area contributed by atoms with Crippen molar-refractivity contribution in [2.75, 3.05) is 17.0 Å². The summed E-state index contributed by atoms with van der Waals surface area (Å²) in [5, 5.41) is 4.23. The van der Waals surface area contributed by atoms with Gasteiger partial charge < -0.3 is 15.8 Å². The van der Waals surface area contributed by atoms with E-state index in [9.17, 15) is 22.4 Å². The van der Waals surface area contributed by atoms with Gasteiger partial charge in [-0.05, 0) is 53.6 Å². The zero-order valence-corrected chi connectivity index (χ0v) is 25.9. The Bertz CT molecular complexity index is 2040. The number of amidine groups is 1. The van der Waals surface area contributed by atoms with Crippen LogP contribution in [0.15, 0.2) is 137 Å². The number of ether oxygens (including phenoxy) is 1. The fraction of sp³-hybridized carbons (Fsp3) is 0.0571. The Morgan fingerprint density at radius 2 is 1.51 bits per heavy atom. The number of hydrazine groups is 1. The van der Waals surface area contributed by atoms with Gasteiger partial charge in [-0.2, -0.15) is 4.99 Å². The van der Waals surface area contributed by atoms with Crippen LogP contribution in [0.1, 0.15) is 11.1 Å². The lowest BCUT2D eigenvalue weighted by Crippen LogP contribution is -2.39. The molecule has 0 saturated heterocycles. The number of benzene rings is 5. The quantitative estimate of drug-likeness (QED) is 0.0897. The van der Waals surface area contributed by atoms with E-state index in [1.54, 1.807) is 72.8 Å². The summed E-state index contributed by atoms with van der Waals surface area (Å²) in [5.74, 6) is -1.17. The van der Waals surface area contributed by atoms with Crippen molar-refractivity contribution in [3.8, 4) is 16.9 Å². The summed E-state index contributed by atoms with van der Waals surface area (Å²) in [6.45, 7) is 0.176. The van der Waals surface area contributed by atoms with Gasteiger partial charge in [-0.25, -0.2) is 27.4 Å². The van der Waals surface area contributed by atoms with Gasteiger partial charge in [-0.15, -0.1) is 0 Å². The van der Waals surface area contributed by atoms with E-state index in [1.165, 1.54) is 23.2 Å². The number of aliphatic imine (C=N–C) groups is 1. The Morgan fingerprint density at radius 1 is 0.830 bits per heavy atom. The third-order valence-corrected chi connectivity index (χ3v) is 7.99. The van der Waals surface area contributed by atoms with E-state index < -0.39 is 27.8 Å². The van der Waals surface area contributed by atoms with Gasteiger partial charge in [-0.3, -0.25) is 5.43 Å². The Balaban J connectivity index is 1.33. The lowest BCUT2D eigenvalue weighted by molar-refractivity contribution is 0.209. The molecule has 5 aromatic rings. The molecule has 0 radical (unpaired) electrons. The Labute approximate surface area is 271 Å². The number of carbonyl (C=O) groups is 2. The van der Waals surface area contributed by atoms with Crippen LogP contribution in [0.25, 0.3) is 11.1 Å². The van der Waals surface area contributed by atoms with Crippen LogP contribution in [-0.4, -0.2) is 37.6 Å². The number of halogens is 1. The Kier molecular flexibility index (Phi) is 9.92. The molecule has 0 aliphatic heterocycles. The van der Waals surface area contributed by atoms with Crippen LogP contribution < -0.4 is 21.2 Å². The number of hydrogen-bond acceptors (Lipinski definition) is 6. The molecule has 12 heteroatoms. The molecule has 5 rings (SSSR count). The number of rotatable bonds is 9. The number of hydrogen-bond donors (Lipinski definition) is 3. The van der Waals surface area contributed by atoms with Crippen molar-refractivity contribution >= 4 is 39.2 Å². The highest BCUT2D eigenvalue weighted by Gasteiger charge is 2.17. The molecule has 0 heterocycles. The lowest BCUT2D eigenvalue weighted by Gasteiger charge is -2.25. The molecule has 0 spiro atoms. The summed E-state index contributed by atoms with van der Waals surface area (Å²) >= 11 is 0. The van der Waals surface area contributed by atoms with Gasteiger partial charge in [-0.1, -0.05) is 84.9 Å². The van der Waals surface area contributed by atoms with Crippen molar-refractivity contribution < 1.29 is 27.1 Å². The average Bonchev–Trinajstić information content (AvgIpc) is 3.06. The molecule has 47 heavy (non-hydrogen) atoms. The van der Waals surface area contributed by atoms with Crippen LogP contribution in [-0.2, 0) is 16.4 Å². The van der Waals surface area contributed by atoms with E-state index in [4.69, 9.17) is 10.5 Å². The minimum atomic E-state index is -3.45. The molecule has 4 N–H and O–H groups in total. The van der Waals surface area contributed by atoms with E-state index in [2.05, 4.69) is 15.7 Å². The van der Waals surface area contributed by atoms with Crippen LogP contribution >= 0.6 is 0 Å². The van der Waals surface area contributed by atoms with Crippen molar-refractivity contribution in [1.82, 2.24) is 5.01 Å². The number of nitrogens with zero attached hydrogens (tertiary/aromatic N) is 2. The number of anilines is 2. The highest BCUT2D eigenvalue weighted by atomic mass is 32.2. The van der Waals surface area contributed by atoms with Crippen LogP contribution in [0.3, 0.4) is 0 Å². The number of sulfone groups is 1. The normalized spacial score (nSPS) is 11.4. The summed E-state index contributed by atoms with van der Waals surface area (Å²) in [4.78, 5) is 29.8. The van der Waals surface area contributed by atoms with Crippen LogP contribution in [0.2, 0.25) is 0 Å². The van der Waals surface area contributed by atoms with Gasteiger partial charge >= 0.3 is 12.1 Å². The first-order valence-corrected chi connectivity index (χ1v) is 16.2. The van der Waals surface area contributed by atoms with E-state index in [1.807, 2.05) is 30.3 Å². The lowest BCUT2D eigenvalue weighted by atomic mass is 10.1. The van der Waals surface area contributed by atoms with Gasteiger partial charge in [0.1, 0.15) is 5.84 Å². The third-order valence-electron chi connectivity index (χ3n) is 6.83. The zero-order valence-electron chi connectivity index (χ0n) is 25.1. The summed E-state index contributed by atoms with van der Waals surface area (Å²) in [6, 6.07) is 34.4. The molecule has 0 aromatic heterocycles. The molecule has 3 amide bonds. The molecular formula is C35H30FN5O5S. The molecule has 0 saturated carbocycles. The summed E-state index contributed by atoms with van der Waals surface area (Å²) < 4.78 is 43.4. The van der Waals surface area contributed by atoms with Crippen molar-refractivity contribution in [3.05, 3.63) is 144 Å². The largest absolute Gasteiger partial charge is 0.441 e. The SMILES string of the molecule is CS(=O)(=O)c1ccccc1-c1ccc(NC(=O)N(Cc2ccccc2)Nc2cccc(C(N)=NC(=O)Oc3ccccc3F)c2)cc1. The predicted molar refractivity (Wildman–Crippen MR) is 179 cm³/mol. The molecule has 238 valence electrons. The number of nitrogens with two attached hydrogens (primary N) is 1. The molecule has 0 bridgehead atoms. The fourth-order valence-electron chi connectivity index (χ4n) is 4.59. The first-order valence-electron chi connectivity index (χ1n) is 14.3. The van der Waals surface area contributed by atoms with Gasteiger partial charge in [0.05, 0.1) is 17.1 Å². The van der Waals surface area contributed by atoms with Crippen molar-refractivity contribution in [1.29, 1.82) is 0 Å². The smallest absolute Gasteiger partial charge is 0.406 e. The molecule has 10 nitrogen and oxygen atoms in total. The van der Waals surface area contributed by atoms with Gasteiger partial charge in [0.15, 0.2) is 21.4 Å². The number of urea groups is 1.